The van der Waals surface area contributed by atoms with Crippen molar-refractivity contribution in [3.63, 3.8) is 0 Å². The van der Waals surface area contributed by atoms with Crippen LogP contribution in [0.4, 0.5) is 0 Å². The second-order valence-corrected chi connectivity index (χ2v) is 9.64. The highest BCUT2D eigenvalue weighted by Crippen LogP contribution is 2.37. The molecule has 0 saturated heterocycles. The second kappa shape index (κ2) is 8.19. The van der Waals surface area contributed by atoms with Crippen molar-refractivity contribution in [3.8, 4) is 27.9 Å². The van der Waals surface area contributed by atoms with E-state index in [4.69, 9.17) is 4.42 Å². The van der Waals surface area contributed by atoms with Gasteiger partial charge in [0.1, 0.15) is 11.1 Å². The zero-order chi connectivity index (χ0) is 25.1. The maximum atomic E-state index is 6.27. The van der Waals surface area contributed by atoms with Crippen molar-refractivity contribution in [2.75, 3.05) is 0 Å². The molecule has 0 radical (unpaired) electrons. The van der Waals surface area contributed by atoms with E-state index in [1.807, 2.05) is 30.5 Å². The first kappa shape index (κ1) is 21.0. The SMILES string of the molecule is c1cc(-c2cccc(-n3c4ccccc4c4ccccc43)c2)cc(-c2ccnc3c2oc2ccccc23)c1. The average molecular weight is 487 g/mol. The summed E-state index contributed by atoms with van der Waals surface area (Å²) >= 11 is 0. The molecule has 3 aromatic heterocycles. The molecule has 0 bridgehead atoms. The molecule has 5 aromatic carbocycles. The lowest BCUT2D eigenvalue weighted by molar-refractivity contribution is 0.669. The second-order valence-electron chi connectivity index (χ2n) is 9.64. The van der Waals surface area contributed by atoms with E-state index >= 15 is 0 Å². The Labute approximate surface area is 219 Å². The topological polar surface area (TPSA) is 31.0 Å². The van der Waals surface area contributed by atoms with Crippen LogP contribution >= 0.6 is 0 Å². The molecule has 0 aliphatic heterocycles. The van der Waals surface area contributed by atoms with Gasteiger partial charge in [-0.25, -0.2) is 0 Å². The number of hydrogen-bond donors (Lipinski definition) is 0. The number of furan rings is 1. The molecule has 3 heteroatoms. The van der Waals surface area contributed by atoms with E-state index in [-0.39, 0.29) is 0 Å². The number of hydrogen-bond acceptors (Lipinski definition) is 2. The van der Waals surface area contributed by atoms with Crippen LogP contribution in [0.1, 0.15) is 0 Å². The van der Waals surface area contributed by atoms with Crippen LogP contribution in [0.3, 0.4) is 0 Å². The van der Waals surface area contributed by atoms with Gasteiger partial charge in [-0.05, 0) is 65.2 Å². The van der Waals surface area contributed by atoms with E-state index < -0.39 is 0 Å². The van der Waals surface area contributed by atoms with Crippen LogP contribution in [-0.4, -0.2) is 9.55 Å². The van der Waals surface area contributed by atoms with E-state index in [1.54, 1.807) is 0 Å². The summed E-state index contributed by atoms with van der Waals surface area (Å²) in [7, 11) is 0. The third-order valence-electron chi connectivity index (χ3n) is 7.45. The van der Waals surface area contributed by atoms with Gasteiger partial charge in [-0.15, -0.1) is 0 Å². The Morgan fingerprint density at radius 3 is 1.95 bits per heavy atom. The number of pyridine rings is 1. The summed E-state index contributed by atoms with van der Waals surface area (Å²) in [4.78, 5) is 4.63. The van der Waals surface area contributed by atoms with Gasteiger partial charge in [0.25, 0.3) is 0 Å². The first-order valence-corrected chi connectivity index (χ1v) is 12.8. The number of aromatic nitrogens is 2. The van der Waals surface area contributed by atoms with E-state index in [0.29, 0.717) is 0 Å². The minimum absolute atomic E-state index is 0.824. The Balaban J connectivity index is 1.28. The summed E-state index contributed by atoms with van der Waals surface area (Å²) < 4.78 is 8.63. The minimum atomic E-state index is 0.824. The monoisotopic (exact) mass is 486 g/mol. The lowest BCUT2D eigenvalue weighted by atomic mass is 9.98. The molecule has 0 fully saturated rings. The standard InChI is InChI=1S/C35H22N2O/c1-4-16-31-28(13-1)29-14-2-5-17-32(29)37(31)26-12-8-10-24(22-26)23-9-7-11-25(21-23)27-19-20-36-34-30-15-3-6-18-33(30)38-35(27)34/h1-22H. The first-order chi connectivity index (χ1) is 18.8. The molecule has 0 aliphatic carbocycles. The van der Waals surface area contributed by atoms with Crippen molar-refractivity contribution < 1.29 is 4.42 Å². The molecule has 0 unspecified atom stereocenters. The molecular weight excluding hydrogens is 464 g/mol. The summed E-state index contributed by atoms with van der Waals surface area (Å²) in [5.74, 6) is 0. The van der Waals surface area contributed by atoms with Gasteiger partial charge in [0.05, 0.1) is 11.0 Å². The number of para-hydroxylation sites is 3. The zero-order valence-electron chi connectivity index (χ0n) is 20.5. The predicted molar refractivity (Wildman–Crippen MR) is 157 cm³/mol. The summed E-state index contributed by atoms with van der Waals surface area (Å²) in [5.41, 5.74) is 10.6. The normalized spacial score (nSPS) is 11.7. The summed E-state index contributed by atoms with van der Waals surface area (Å²) in [6, 6.07) is 44.8. The van der Waals surface area contributed by atoms with E-state index in [1.165, 1.54) is 27.4 Å². The highest BCUT2D eigenvalue weighted by Gasteiger charge is 2.15. The molecule has 0 N–H and O–H groups in total. The van der Waals surface area contributed by atoms with Gasteiger partial charge in [-0.1, -0.05) is 78.9 Å². The number of fused-ring (bicyclic) bond motifs is 6. The third-order valence-corrected chi connectivity index (χ3v) is 7.45. The average Bonchev–Trinajstić information content (AvgIpc) is 3.53. The molecule has 0 atom stereocenters. The van der Waals surface area contributed by atoms with Crippen LogP contribution in [0.15, 0.2) is 138 Å². The Kier molecular flexibility index (Phi) is 4.52. The maximum absolute atomic E-state index is 6.27. The van der Waals surface area contributed by atoms with Crippen LogP contribution in [-0.2, 0) is 0 Å². The predicted octanol–water partition coefficient (Wildman–Crippen LogP) is 9.41. The number of nitrogens with zero attached hydrogens (tertiary/aromatic N) is 2. The minimum Gasteiger partial charge on any atom is -0.454 e. The quantitative estimate of drug-likeness (QED) is 0.249. The fourth-order valence-corrected chi connectivity index (χ4v) is 5.72. The lowest BCUT2D eigenvalue weighted by Crippen LogP contribution is -1.94. The Hall–Kier alpha value is -5.15. The molecular formula is C35H22N2O. The largest absolute Gasteiger partial charge is 0.454 e. The van der Waals surface area contributed by atoms with Crippen molar-refractivity contribution in [3.05, 3.63) is 134 Å². The van der Waals surface area contributed by atoms with Gasteiger partial charge in [0.2, 0.25) is 0 Å². The smallest absolute Gasteiger partial charge is 0.161 e. The Morgan fingerprint density at radius 1 is 0.526 bits per heavy atom. The molecule has 0 spiro atoms. The van der Waals surface area contributed by atoms with Gasteiger partial charge >= 0.3 is 0 Å². The summed E-state index contributed by atoms with van der Waals surface area (Å²) in [5, 5.41) is 3.57. The van der Waals surface area contributed by atoms with Gasteiger partial charge < -0.3 is 8.98 Å². The van der Waals surface area contributed by atoms with Crippen molar-refractivity contribution >= 4 is 43.9 Å². The van der Waals surface area contributed by atoms with Gasteiger partial charge in [-0.3, -0.25) is 4.98 Å². The van der Waals surface area contributed by atoms with Crippen LogP contribution in [0.2, 0.25) is 0 Å². The lowest BCUT2D eigenvalue weighted by Gasteiger charge is -2.11. The van der Waals surface area contributed by atoms with Gasteiger partial charge in [-0.2, -0.15) is 0 Å². The van der Waals surface area contributed by atoms with E-state index in [2.05, 4.69) is 113 Å². The van der Waals surface area contributed by atoms with Gasteiger partial charge in [0.15, 0.2) is 5.58 Å². The fourth-order valence-electron chi connectivity index (χ4n) is 5.72. The van der Waals surface area contributed by atoms with Crippen LogP contribution in [0, 0.1) is 0 Å². The third kappa shape index (κ3) is 3.12. The van der Waals surface area contributed by atoms with Crippen LogP contribution in [0.25, 0.3) is 71.8 Å². The molecule has 0 saturated carbocycles. The van der Waals surface area contributed by atoms with Gasteiger partial charge in [0, 0.05) is 33.6 Å². The number of benzene rings is 5. The van der Waals surface area contributed by atoms with Crippen molar-refractivity contribution in [2.45, 2.75) is 0 Å². The highest BCUT2D eigenvalue weighted by atomic mass is 16.3. The van der Waals surface area contributed by atoms with Crippen molar-refractivity contribution in [1.82, 2.24) is 9.55 Å². The molecule has 8 aromatic rings. The Morgan fingerprint density at radius 2 is 1.16 bits per heavy atom. The Bertz CT molecular complexity index is 2090. The van der Waals surface area contributed by atoms with E-state index in [0.717, 1.165) is 44.4 Å². The summed E-state index contributed by atoms with van der Waals surface area (Å²) in [6.07, 6.45) is 1.87. The molecule has 8 rings (SSSR count). The molecule has 0 aliphatic rings. The molecule has 178 valence electrons. The summed E-state index contributed by atoms with van der Waals surface area (Å²) in [6.45, 7) is 0. The highest BCUT2D eigenvalue weighted by molar-refractivity contribution is 6.09. The first-order valence-electron chi connectivity index (χ1n) is 12.8. The fraction of sp³-hybridized carbons (Fsp3) is 0. The van der Waals surface area contributed by atoms with E-state index in [9.17, 15) is 0 Å². The van der Waals surface area contributed by atoms with Crippen LogP contribution < -0.4 is 0 Å². The van der Waals surface area contributed by atoms with Crippen molar-refractivity contribution in [2.24, 2.45) is 0 Å². The molecule has 3 nitrogen and oxygen atoms in total. The number of rotatable bonds is 3. The molecule has 38 heavy (non-hydrogen) atoms. The zero-order valence-corrected chi connectivity index (χ0v) is 20.5. The van der Waals surface area contributed by atoms with Crippen LogP contribution in [0.5, 0.6) is 0 Å². The maximum Gasteiger partial charge on any atom is 0.161 e. The van der Waals surface area contributed by atoms with Crippen molar-refractivity contribution in [1.29, 1.82) is 0 Å². The molecule has 0 amide bonds. The molecule has 3 heterocycles.